The van der Waals surface area contributed by atoms with Crippen LogP contribution in [-0.2, 0) is 11.3 Å². The molecule has 1 unspecified atom stereocenters. The Kier molecular flexibility index (Phi) is 3.65. The molecule has 2 aliphatic rings. The van der Waals surface area contributed by atoms with Gasteiger partial charge in [-0.05, 0) is 31.7 Å². The molecule has 19 heavy (non-hydrogen) atoms. The summed E-state index contributed by atoms with van der Waals surface area (Å²) in [5, 5.41) is 1.36. The molecule has 3 heteroatoms. The summed E-state index contributed by atoms with van der Waals surface area (Å²) in [7, 11) is 0. The van der Waals surface area contributed by atoms with E-state index < -0.39 is 0 Å². The summed E-state index contributed by atoms with van der Waals surface area (Å²) in [4.78, 5) is 14.6. The third-order valence-corrected chi connectivity index (χ3v) is 5.12. The van der Waals surface area contributed by atoms with Crippen LogP contribution in [0.2, 0.25) is 0 Å². The fourth-order valence-electron chi connectivity index (χ4n) is 2.80. The Bertz CT molecular complexity index is 509. The van der Waals surface area contributed by atoms with Crippen molar-refractivity contribution >= 4 is 17.5 Å². The zero-order valence-electron chi connectivity index (χ0n) is 11.3. The van der Waals surface area contributed by atoms with E-state index in [-0.39, 0.29) is 5.25 Å². The van der Waals surface area contributed by atoms with Crippen molar-refractivity contribution in [2.45, 2.75) is 38.0 Å². The molecule has 2 aliphatic heterocycles. The van der Waals surface area contributed by atoms with Crippen molar-refractivity contribution in [3.63, 3.8) is 0 Å². The normalized spacial score (nSPS) is 23.5. The molecule has 100 valence electrons. The summed E-state index contributed by atoms with van der Waals surface area (Å²) in [6, 6.07) is 10.5. The fraction of sp³-hybridized carbons (Fsp3) is 0.438. The Balaban J connectivity index is 1.85. The largest absolute Gasteiger partial charge is 0.362 e. The molecule has 0 bridgehead atoms. The van der Waals surface area contributed by atoms with E-state index in [1.54, 1.807) is 11.8 Å². The maximum absolute atomic E-state index is 12.2. The van der Waals surface area contributed by atoms with E-state index in [2.05, 4.69) is 29.2 Å². The first-order valence-corrected chi connectivity index (χ1v) is 7.86. The molecule has 1 aromatic carbocycles. The van der Waals surface area contributed by atoms with Crippen LogP contribution in [0.4, 0.5) is 0 Å². The lowest BCUT2D eigenvalue weighted by atomic mass is 10.1. The van der Waals surface area contributed by atoms with Gasteiger partial charge in [0.2, 0.25) is 0 Å². The monoisotopic (exact) mass is 273 g/mol. The molecule has 2 heterocycles. The van der Waals surface area contributed by atoms with Crippen LogP contribution in [0.1, 0.15) is 31.7 Å². The van der Waals surface area contributed by atoms with Gasteiger partial charge in [-0.25, -0.2) is 0 Å². The van der Waals surface area contributed by atoms with Crippen LogP contribution in [0.15, 0.2) is 40.9 Å². The van der Waals surface area contributed by atoms with Crippen LogP contribution in [0.5, 0.6) is 0 Å². The summed E-state index contributed by atoms with van der Waals surface area (Å²) in [5.74, 6) is 0.361. The summed E-state index contributed by atoms with van der Waals surface area (Å²) >= 11 is 1.75. The highest BCUT2D eigenvalue weighted by molar-refractivity contribution is 8.04. The van der Waals surface area contributed by atoms with Crippen molar-refractivity contribution in [2.24, 2.45) is 0 Å². The van der Waals surface area contributed by atoms with Gasteiger partial charge in [0, 0.05) is 18.7 Å². The predicted octanol–water partition coefficient (Wildman–Crippen LogP) is 3.59. The van der Waals surface area contributed by atoms with E-state index >= 15 is 0 Å². The number of Topliss-reactive ketones (excluding diaryl/α,β-unsaturated/α-hetero) is 1. The van der Waals surface area contributed by atoms with Crippen molar-refractivity contribution < 1.29 is 4.79 Å². The Hall–Kier alpha value is -1.22. The molecule has 0 radical (unpaired) electrons. The second kappa shape index (κ2) is 5.41. The molecule has 1 aromatic rings. The zero-order chi connectivity index (χ0) is 13.2. The number of allylic oxidation sites excluding steroid dienone is 1. The maximum atomic E-state index is 12.2. The first-order chi connectivity index (χ1) is 9.25. The van der Waals surface area contributed by atoms with E-state index in [0.29, 0.717) is 5.78 Å². The standard InChI is InChI=1S/C16H19NOS/c1-12-15(18)14-9-5-6-10-17(16(14)19-12)11-13-7-3-2-4-8-13/h2-4,7-8,12H,5-6,9-11H2,1H3. The van der Waals surface area contributed by atoms with Crippen LogP contribution in [0, 0.1) is 0 Å². The minimum Gasteiger partial charge on any atom is -0.362 e. The molecule has 0 saturated heterocycles. The Morgan fingerprint density at radius 1 is 1.26 bits per heavy atom. The van der Waals surface area contributed by atoms with Crippen molar-refractivity contribution in [1.29, 1.82) is 0 Å². The highest BCUT2D eigenvalue weighted by atomic mass is 32.2. The molecule has 0 aliphatic carbocycles. The maximum Gasteiger partial charge on any atom is 0.174 e. The van der Waals surface area contributed by atoms with Gasteiger partial charge in [-0.3, -0.25) is 4.79 Å². The van der Waals surface area contributed by atoms with Crippen LogP contribution >= 0.6 is 11.8 Å². The van der Waals surface area contributed by atoms with Gasteiger partial charge in [0.1, 0.15) is 0 Å². The van der Waals surface area contributed by atoms with Gasteiger partial charge in [0.05, 0.1) is 10.3 Å². The number of carbonyl (C=O) groups excluding carboxylic acids is 1. The average Bonchev–Trinajstić information content (AvgIpc) is 2.61. The number of thioether (sulfide) groups is 1. The SMILES string of the molecule is CC1SC2=C(CCCCN2Cc2ccccc2)C1=O. The van der Waals surface area contributed by atoms with E-state index in [9.17, 15) is 4.79 Å². The minimum absolute atomic E-state index is 0.112. The smallest absolute Gasteiger partial charge is 0.174 e. The molecule has 2 nitrogen and oxygen atoms in total. The summed E-state index contributed by atoms with van der Waals surface area (Å²) in [6.07, 6.45) is 3.29. The second-order valence-electron chi connectivity index (χ2n) is 5.27. The number of rotatable bonds is 2. The molecule has 1 atom stereocenters. The average molecular weight is 273 g/mol. The lowest BCUT2D eigenvalue weighted by Crippen LogP contribution is -2.21. The van der Waals surface area contributed by atoms with Gasteiger partial charge in [-0.15, -0.1) is 0 Å². The highest BCUT2D eigenvalue weighted by Crippen LogP contribution is 2.41. The lowest BCUT2D eigenvalue weighted by Gasteiger charge is -2.25. The molecule has 0 spiro atoms. The van der Waals surface area contributed by atoms with E-state index in [1.165, 1.54) is 17.0 Å². The summed E-state index contributed by atoms with van der Waals surface area (Å²) in [6.45, 7) is 4.02. The van der Waals surface area contributed by atoms with Gasteiger partial charge in [-0.2, -0.15) is 0 Å². The van der Waals surface area contributed by atoms with Crippen molar-refractivity contribution in [3.8, 4) is 0 Å². The molecule has 0 amide bonds. The lowest BCUT2D eigenvalue weighted by molar-refractivity contribution is -0.114. The quantitative estimate of drug-likeness (QED) is 0.821. The van der Waals surface area contributed by atoms with Gasteiger partial charge < -0.3 is 4.90 Å². The molecule has 0 aromatic heterocycles. The molecule has 0 N–H and O–H groups in total. The van der Waals surface area contributed by atoms with Gasteiger partial charge in [-0.1, -0.05) is 42.1 Å². The number of hydrogen-bond acceptors (Lipinski definition) is 3. The van der Waals surface area contributed by atoms with E-state index in [4.69, 9.17) is 0 Å². The molecular weight excluding hydrogens is 254 g/mol. The van der Waals surface area contributed by atoms with Crippen molar-refractivity contribution in [2.75, 3.05) is 6.54 Å². The first-order valence-electron chi connectivity index (χ1n) is 6.98. The number of benzene rings is 1. The number of nitrogens with zero attached hydrogens (tertiary/aromatic N) is 1. The molecule has 0 saturated carbocycles. The topological polar surface area (TPSA) is 20.3 Å². The zero-order valence-corrected chi connectivity index (χ0v) is 12.1. The number of hydrogen-bond donors (Lipinski definition) is 0. The van der Waals surface area contributed by atoms with Crippen LogP contribution in [-0.4, -0.2) is 22.5 Å². The summed E-state index contributed by atoms with van der Waals surface area (Å²) < 4.78 is 0. The summed E-state index contributed by atoms with van der Waals surface area (Å²) in [5.41, 5.74) is 2.41. The molecule has 3 rings (SSSR count). The highest BCUT2D eigenvalue weighted by Gasteiger charge is 2.34. The van der Waals surface area contributed by atoms with E-state index in [0.717, 1.165) is 31.5 Å². The molecule has 0 fully saturated rings. The number of carbonyl (C=O) groups is 1. The Morgan fingerprint density at radius 3 is 2.84 bits per heavy atom. The van der Waals surface area contributed by atoms with E-state index in [1.807, 2.05) is 13.0 Å². The number of ketones is 1. The van der Waals surface area contributed by atoms with Gasteiger partial charge in [0.25, 0.3) is 0 Å². The minimum atomic E-state index is 0.112. The predicted molar refractivity (Wildman–Crippen MR) is 79.8 cm³/mol. The van der Waals surface area contributed by atoms with Gasteiger partial charge >= 0.3 is 0 Å². The van der Waals surface area contributed by atoms with Crippen molar-refractivity contribution in [1.82, 2.24) is 4.90 Å². The van der Waals surface area contributed by atoms with Crippen LogP contribution in [0.3, 0.4) is 0 Å². The Morgan fingerprint density at radius 2 is 2.05 bits per heavy atom. The first kappa shape index (κ1) is 12.8. The third-order valence-electron chi connectivity index (χ3n) is 3.82. The third kappa shape index (κ3) is 2.57. The Labute approximate surface area is 118 Å². The van der Waals surface area contributed by atoms with Gasteiger partial charge in [0.15, 0.2) is 5.78 Å². The van der Waals surface area contributed by atoms with Crippen LogP contribution in [0.25, 0.3) is 0 Å². The second-order valence-corrected chi connectivity index (χ2v) is 6.60. The van der Waals surface area contributed by atoms with Crippen molar-refractivity contribution in [3.05, 3.63) is 46.5 Å². The fourth-order valence-corrected chi connectivity index (χ4v) is 4.03. The van der Waals surface area contributed by atoms with Crippen LogP contribution < -0.4 is 0 Å². The molecular formula is C16H19NOS.